The third kappa shape index (κ3) is 2.89. The number of thioether (sulfide) groups is 1. The molecule has 0 bridgehead atoms. The zero-order valence-corrected chi connectivity index (χ0v) is 10.9. The fourth-order valence-electron chi connectivity index (χ4n) is 1.36. The first-order valence-electron chi connectivity index (χ1n) is 5.50. The molecule has 1 N–H and O–H groups in total. The third-order valence-corrected chi connectivity index (χ3v) is 2.90. The number of aromatic nitrogens is 2. The lowest BCUT2D eigenvalue weighted by molar-refractivity contribution is 1.08. The Balaban J connectivity index is 0.000000606. The molecule has 0 unspecified atom stereocenters. The Morgan fingerprint density at radius 1 is 1.44 bits per heavy atom. The van der Waals surface area contributed by atoms with Crippen molar-refractivity contribution in [3.05, 3.63) is 36.4 Å². The van der Waals surface area contributed by atoms with Crippen LogP contribution in [-0.4, -0.2) is 15.7 Å². The van der Waals surface area contributed by atoms with Gasteiger partial charge in [0.05, 0.1) is 11.0 Å². The molecule has 0 fully saturated rings. The Morgan fingerprint density at radius 3 is 2.81 bits per heavy atom. The van der Waals surface area contributed by atoms with E-state index in [1.165, 1.54) is 5.56 Å². The lowest BCUT2D eigenvalue weighted by Crippen LogP contribution is -1.75. The predicted octanol–water partition coefficient (Wildman–Crippen LogP) is 4.18. The van der Waals surface area contributed by atoms with E-state index in [-0.39, 0.29) is 0 Å². The van der Waals surface area contributed by atoms with Crippen LogP contribution < -0.4 is 0 Å². The van der Waals surface area contributed by atoms with Gasteiger partial charge in [0.1, 0.15) is 0 Å². The highest BCUT2D eigenvalue weighted by molar-refractivity contribution is 7.99. The Hall–Kier alpha value is -1.22. The number of aromatic amines is 1. The normalized spacial score (nSPS) is 9.69. The molecule has 2 aromatic rings. The molecule has 0 saturated carbocycles. The predicted molar refractivity (Wildman–Crippen MR) is 73.1 cm³/mol. The number of hydrogen-bond acceptors (Lipinski definition) is 2. The monoisotopic (exact) mass is 234 g/mol. The van der Waals surface area contributed by atoms with Crippen LogP contribution >= 0.6 is 11.8 Å². The summed E-state index contributed by atoms with van der Waals surface area (Å²) in [6, 6.07) is 6.16. The van der Waals surface area contributed by atoms with Crippen LogP contribution in [0.25, 0.3) is 11.0 Å². The molecule has 3 heteroatoms. The largest absolute Gasteiger partial charge is 0.333 e. The summed E-state index contributed by atoms with van der Waals surface area (Å²) in [6.45, 7) is 9.76. The highest BCUT2D eigenvalue weighted by atomic mass is 32.2. The molecule has 0 aliphatic heterocycles. The van der Waals surface area contributed by atoms with Crippen molar-refractivity contribution in [3.63, 3.8) is 0 Å². The summed E-state index contributed by atoms with van der Waals surface area (Å²) >= 11 is 1.67. The molecular formula is C13H18N2S. The van der Waals surface area contributed by atoms with Gasteiger partial charge in [0.15, 0.2) is 5.16 Å². The zero-order valence-electron chi connectivity index (χ0n) is 10.1. The molecule has 0 amide bonds. The van der Waals surface area contributed by atoms with E-state index in [0.29, 0.717) is 0 Å². The van der Waals surface area contributed by atoms with Crippen LogP contribution in [0.1, 0.15) is 19.4 Å². The first-order valence-corrected chi connectivity index (χ1v) is 6.49. The second-order valence-corrected chi connectivity index (χ2v) is 4.12. The number of nitrogens with zero attached hydrogens (tertiary/aromatic N) is 1. The van der Waals surface area contributed by atoms with Crippen LogP contribution in [0.2, 0.25) is 0 Å². The van der Waals surface area contributed by atoms with E-state index >= 15 is 0 Å². The van der Waals surface area contributed by atoms with Crippen LogP contribution in [0.3, 0.4) is 0 Å². The minimum absolute atomic E-state index is 0.888. The first-order chi connectivity index (χ1) is 7.81. The second kappa shape index (κ2) is 6.38. The number of imidazole rings is 1. The van der Waals surface area contributed by atoms with E-state index in [9.17, 15) is 0 Å². The molecule has 1 heterocycles. The maximum absolute atomic E-state index is 4.51. The number of H-pyrrole nitrogens is 1. The summed E-state index contributed by atoms with van der Waals surface area (Å²) in [7, 11) is 0. The fourth-order valence-corrected chi connectivity index (χ4v) is 1.97. The minimum Gasteiger partial charge on any atom is -0.333 e. The molecule has 0 spiro atoms. The van der Waals surface area contributed by atoms with Gasteiger partial charge in [-0.25, -0.2) is 4.98 Å². The quantitative estimate of drug-likeness (QED) is 0.637. The molecule has 0 aliphatic rings. The third-order valence-electron chi connectivity index (χ3n) is 2.03. The summed E-state index contributed by atoms with van der Waals surface area (Å²) < 4.78 is 0. The van der Waals surface area contributed by atoms with Crippen LogP contribution in [0, 0.1) is 6.92 Å². The number of hydrogen-bond donors (Lipinski definition) is 1. The molecular weight excluding hydrogens is 216 g/mol. The van der Waals surface area contributed by atoms with E-state index in [1.807, 2.05) is 32.1 Å². The number of aryl methyl sites for hydroxylation is 1. The number of nitrogens with one attached hydrogen (secondary N) is 1. The van der Waals surface area contributed by atoms with Crippen LogP contribution in [0.15, 0.2) is 36.0 Å². The maximum Gasteiger partial charge on any atom is 0.166 e. The van der Waals surface area contributed by atoms with Gasteiger partial charge in [-0.15, -0.1) is 6.58 Å². The number of para-hydroxylation sites is 1. The van der Waals surface area contributed by atoms with Gasteiger partial charge in [-0.2, -0.15) is 0 Å². The first kappa shape index (κ1) is 12.8. The minimum atomic E-state index is 0.888. The van der Waals surface area contributed by atoms with Gasteiger partial charge in [0, 0.05) is 5.75 Å². The van der Waals surface area contributed by atoms with E-state index in [4.69, 9.17) is 0 Å². The Morgan fingerprint density at radius 2 is 2.19 bits per heavy atom. The number of benzene rings is 1. The second-order valence-electron chi connectivity index (χ2n) is 3.11. The van der Waals surface area contributed by atoms with E-state index in [2.05, 4.69) is 29.5 Å². The lowest BCUT2D eigenvalue weighted by atomic mass is 10.2. The molecule has 86 valence electrons. The average Bonchev–Trinajstić information content (AvgIpc) is 2.73. The van der Waals surface area contributed by atoms with Crippen LogP contribution in [-0.2, 0) is 0 Å². The van der Waals surface area contributed by atoms with E-state index in [1.54, 1.807) is 11.8 Å². The molecule has 0 atom stereocenters. The van der Waals surface area contributed by atoms with Gasteiger partial charge in [0.25, 0.3) is 0 Å². The maximum atomic E-state index is 4.51. The number of fused-ring (bicyclic) bond motifs is 1. The number of rotatable bonds is 3. The molecule has 2 rings (SSSR count). The van der Waals surface area contributed by atoms with Gasteiger partial charge < -0.3 is 4.98 Å². The van der Waals surface area contributed by atoms with Crippen LogP contribution in [0.5, 0.6) is 0 Å². The summed E-state index contributed by atoms with van der Waals surface area (Å²) in [6.07, 6.45) is 1.88. The highest BCUT2D eigenvalue weighted by Crippen LogP contribution is 2.21. The smallest absolute Gasteiger partial charge is 0.166 e. The SMILES string of the molecule is C=CCSc1nc2c(C)cccc2[nH]1.CC. The van der Waals surface area contributed by atoms with Gasteiger partial charge in [0.2, 0.25) is 0 Å². The van der Waals surface area contributed by atoms with E-state index in [0.717, 1.165) is 21.9 Å². The van der Waals surface area contributed by atoms with Crippen molar-refractivity contribution in [1.29, 1.82) is 0 Å². The summed E-state index contributed by atoms with van der Waals surface area (Å²) in [5.74, 6) is 0.888. The lowest BCUT2D eigenvalue weighted by Gasteiger charge is -1.90. The summed E-state index contributed by atoms with van der Waals surface area (Å²) in [5, 5.41) is 0.967. The summed E-state index contributed by atoms with van der Waals surface area (Å²) in [5.41, 5.74) is 3.39. The van der Waals surface area contributed by atoms with Crippen molar-refractivity contribution >= 4 is 22.8 Å². The Kier molecular flexibility index (Phi) is 5.12. The Bertz CT molecular complexity index is 460. The molecule has 16 heavy (non-hydrogen) atoms. The van der Waals surface area contributed by atoms with E-state index < -0.39 is 0 Å². The van der Waals surface area contributed by atoms with Crippen LogP contribution in [0.4, 0.5) is 0 Å². The molecule has 2 nitrogen and oxygen atoms in total. The molecule has 1 aromatic carbocycles. The van der Waals surface area contributed by atoms with Crippen molar-refractivity contribution in [2.24, 2.45) is 0 Å². The fraction of sp³-hybridized carbons (Fsp3) is 0.308. The van der Waals surface area contributed by atoms with Crippen molar-refractivity contribution in [3.8, 4) is 0 Å². The highest BCUT2D eigenvalue weighted by Gasteiger charge is 2.03. The molecule has 0 aliphatic carbocycles. The van der Waals surface area contributed by atoms with Gasteiger partial charge >= 0.3 is 0 Å². The van der Waals surface area contributed by atoms with Crippen molar-refractivity contribution in [1.82, 2.24) is 9.97 Å². The average molecular weight is 234 g/mol. The topological polar surface area (TPSA) is 28.7 Å². The van der Waals surface area contributed by atoms with Crippen molar-refractivity contribution in [2.75, 3.05) is 5.75 Å². The van der Waals surface area contributed by atoms with Gasteiger partial charge in [-0.3, -0.25) is 0 Å². The molecule has 1 aromatic heterocycles. The van der Waals surface area contributed by atoms with Gasteiger partial charge in [-0.1, -0.05) is 43.8 Å². The van der Waals surface area contributed by atoms with Gasteiger partial charge in [-0.05, 0) is 18.6 Å². The standard InChI is InChI=1S/C11H12N2S.C2H6/c1-3-7-14-11-12-9-6-4-5-8(2)10(9)13-11;1-2/h3-6H,1,7H2,2H3,(H,12,13);1-2H3. The van der Waals surface area contributed by atoms with Crippen molar-refractivity contribution < 1.29 is 0 Å². The molecule has 0 radical (unpaired) electrons. The Labute approximate surface area is 101 Å². The molecule has 0 saturated heterocycles. The van der Waals surface area contributed by atoms with Crippen molar-refractivity contribution in [2.45, 2.75) is 25.9 Å². The zero-order chi connectivity index (χ0) is 12.0. The summed E-state index contributed by atoms with van der Waals surface area (Å²) in [4.78, 5) is 7.78.